The number of piperidine rings is 1. The first-order valence-electron chi connectivity index (χ1n) is 8.23. The Kier molecular flexibility index (Phi) is 5.50. The summed E-state index contributed by atoms with van der Waals surface area (Å²) in [5.41, 5.74) is 7.58. The summed E-state index contributed by atoms with van der Waals surface area (Å²) in [6.07, 6.45) is 2.17. The number of carbonyl (C=O) groups excluding carboxylic acids is 1. The molecule has 0 spiro atoms. The number of anilines is 1. The van der Waals surface area contributed by atoms with Crippen LogP contribution in [0.15, 0.2) is 36.4 Å². The molecule has 0 bridgehead atoms. The zero-order chi connectivity index (χ0) is 16.9. The highest BCUT2D eigenvalue weighted by atomic mass is 32.1. The second-order valence-corrected chi connectivity index (χ2v) is 7.34. The molecular formula is C18H23N3O2S. The maximum Gasteiger partial charge on any atom is 0.317 e. The van der Waals surface area contributed by atoms with Crippen LogP contribution in [0.5, 0.6) is 0 Å². The van der Waals surface area contributed by atoms with Gasteiger partial charge in [0.1, 0.15) is 0 Å². The fraction of sp³-hybridized carbons (Fsp3) is 0.389. The van der Waals surface area contributed by atoms with Crippen molar-refractivity contribution in [3.8, 4) is 10.4 Å². The van der Waals surface area contributed by atoms with Crippen LogP contribution in [-0.4, -0.2) is 35.7 Å². The minimum absolute atomic E-state index is 0.315. The van der Waals surface area contributed by atoms with Gasteiger partial charge in [-0.25, -0.2) is 4.79 Å². The van der Waals surface area contributed by atoms with Gasteiger partial charge < -0.3 is 10.8 Å². The highest BCUT2D eigenvalue weighted by Crippen LogP contribution is 2.31. The van der Waals surface area contributed by atoms with Crippen molar-refractivity contribution in [3.63, 3.8) is 0 Å². The van der Waals surface area contributed by atoms with Crippen molar-refractivity contribution in [2.45, 2.75) is 19.4 Å². The summed E-state index contributed by atoms with van der Waals surface area (Å²) in [4.78, 5) is 14.4. The van der Waals surface area contributed by atoms with E-state index in [2.05, 4.69) is 34.5 Å². The molecule has 2 aromatic rings. The number of thiophene rings is 1. The number of hydrogen-bond acceptors (Lipinski definition) is 4. The summed E-state index contributed by atoms with van der Waals surface area (Å²) in [5.74, 6) is 0.477. The standard InChI is InChI=1S/C18H23N3O2S/c19-18(23)20-17-6-5-16(24-17)15-3-1-13(2-4-15)11-21-9-7-14(12-22)8-10-21/h1-6,14,22H,7-12H2,(H3,19,20,23). The first-order valence-corrected chi connectivity index (χ1v) is 9.04. The quantitative estimate of drug-likeness (QED) is 0.779. The van der Waals surface area contributed by atoms with Gasteiger partial charge >= 0.3 is 6.03 Å². The Hall–Kier alpha value is -1.89. The van der Waals surface area contributed by atoms with E-state index in [1.54, 1.807) is 0 Å². The third-order valence-electron chi connectivity index (χ3n) is 4.46. The number of nitrogens with two attached hydrogens (primary N) is 1. The van der Waals surface area contributed by atoms with E-state index in [-0.39, 0.29) is 0 Å². The number of hydrogen-bond donors (Lipinski definition) is 3. The van der Waals surface area contributed by atoms with E-state index in [4.69, 9.17) is 5.73 Å². The number of rotatable bonds is 5. The van der Waals surface area contributed by atoms with Crippen molar-refractivity contribution in [1.82, 2.24) is 4.90 Å². The van der Waals surface area contributed by atoms with E-state index in [0.717, 1.165) is 47.9 Å². The Morgan fingerprint density at radius 1 is 1.21 bits per heavy atom. The zero-order valence-electron chi connectivity index (χ0n) is 13.6. The number of benzene rings is 1. The van der Waals surface area contributed by atoms with E-state index < -0.39 is 6.03 Å². The number of nitrogens with one attached hydrogen (secondary N) is 1. The first-order chi connectivity index (χ1) is 11.6. The van der Waals surface area contributed by atoms with E-state index >= 15 is 0 Å². The Morgan fingerprint density at radius 2 is 1.92 bits per heavy atom. The molecule has 1 saturated heterocycles. The average Bonchev–Trinajstić information content (AvgIpc) is 3.04. The smallest absolute Gasteiger partial charge is 0.317 e. The molecule has 0 unspecified atom stereocenters. The average molecular weight is 345 g/mol. The summed E-state index contributed by atoms with van der Waals surface area (Å²) in [7, 11) is 0. The Morgan fingerprint density at radius 3 is 2.54 bits per heavy atom. The maximum absolute atomic E-state index is 10.9. The van der Waals surface area contributed by atoms with Crippen molar-refractivity contribution < 1.29 is 9.90 Å². The highest BCUT2D eigenvalue weighted by Gasteiger charge is 2.18. The predicted octanol–water partition coefficient (Wildman–Crippen LogP) is 3.11. The van der Waals surface area contributed by atoms with Crippen molar-refractivity contribution in [1.29, 1.82) is 0 Å². The Bertz CT molecular complexity index is 676. The second-order valence-electron chi connectivity index (χ2n) is 6.25. The molecule has 1 aliphatic rings. The third kappa shape index (κ3) is 4.35. The van der Waals surface area contributed by atoms with Crippen LogP contribution in [0, 0.1) is 5.92 Å². The van der Waals surface area contributed by atoms with Gasteiger partial charge in [0, 0.05) is 18.0 Å². The molecule has 1 aromatic heterocycles. The Balaban J connectivity index is 1.59. The van der Waals surface area contributed by atoms with Crippen LogP contribution in [0.3, 0.4) is 0 Å². The van der Waals surface area contributed by atoms with Crippen LogP contribution in [0.4, 0.5) is 9.80 Å². The largest absolute Gasteiger partial charge is 0.396 e. The number of aliphatic hydroxyl groups is 1. The maximum atomic E-state index is 10.9. The molecule has 4 N–H and O–H groups in total. The number of likely N-dealkylation sites (tertiary alicyclic amines) is 1. The van der Waals surface area contributed by atoms with Crippen LogP contribution in [0.25, 0.3) is 10.4 Å². The van der Waals surface area contributed by atoms with Gasteiger partial charge in [-0.2, -0.15) is 0 Å². The topological polar surface area (TPSA) is 78.6 Å². The molecule has 128 valence electrons. The van der Waals surface area contributed by atoms with Gasteiger partial charge in [-0.15, -0.1) is 11.3 Å². The number of primary amides is 1. The third-order valence-corrected chi connectivity index (χ3v) is 5.51. The SMILES string of the molecule is NC(=O)Nc1ccc(-c2ccc(CN3CCC(CO)CC3)cc2)s1. The molecule has 0 radical (unpaired) electrons. The molecule has 0 atom stereocenters. The predicted molar refractivity (Wildman–Crippen MR) is 98.0 cm³/mol. The van der Waals surface area contributed by atoms with Crippen LogP contribution >= 0.6 is 11.3 Å². The lowest BCUT2D eigenvalue weighted by molar-refractivity contribution is 0.127. The molecule has 0 aliphatic carbocycles. The number of carbonyl (C=O) groups is 1. The number of urea groups is 1. The molecule has 2 amide bonds. The van der Waals surface area contributed by atoms with Crippen LogP contribution in [0.1, 0.15) is 18.4 Å². The van der Waals surface area contributed by atoms with Gasteiger partial charge in [-0.1, -0.05) is 24.3 Å². The summed E-state index contributed by atoms with van der Waals surface area (Å²) < 4.78 is 0. The summed E-state index contributed by atoms with van der Waals surface area (Å²) in [6, 6.07) is 11.9. The summed E-state index contributed by atoms with van der Waals surface area (Å²) >= 11 is 1.51. The van der Waals surface area contributed by atoms with E-state index in [9.17, 15) is 9.90 Å². The van der Waals surface area contributed by atoms with Gasteiger partial charge in [-0.05, 0) is 55.1 Å². The molecule has 24 heavy (non-hydrogen) atoms. The molecule has 6 heteroatoms. The van der Waals surface area contributed by atoms with Gasteiger partial charge in [0.25, 0.3) is 0 Å². The first kappa shape index (κ1) is 17.0. The van der Waals surface area contributed by atoms with E-state index in [1.807, 2.05) is 12.1 Å². The molecule has 1 aromatic carbocycles. The molecule has 5 nitrogen and oxygen atoms in total. The number of nitrogens with zero attached hydrogens (tertiary/aromatic N) is 1. The van der Waals surface area contributed by atoms with Crippen molar-refractivity contribution in [2.24, 2.45) is 11.7 Å². The molecule has 0 saturated carbocycles. The van der Waals surface area contributed by atoms with Crippen molar-refractivity contribution in [2.75, 3.05) is 25.0 Å². The number of aliphatic hydroxyl groups excluding tert-OH is 1. The monoisotopic (exact) mass is 345 g/mol. The van der Waals surface area contributed by atoms with Crippen LogP contribution in [0.2, 0.25) is 0 Å². The van der Waals surface area contributed by atoms with Crippen molar-refractivity contribution >= 4 is 22.4 Å². The summed E-state index contributed by atoms with van der Waals surface area (Å²) in [6.45, 7) is 3.38. The fourth-order valence-electron chi connectivity index (χ4n) is 3.04. The molecule has 2 heterocycles. The zero-order valence-corrected chi connectivity index (χ0v) is 14.4. The lowest BCUT2D eigenvalue weighted by Crippen LogP contribution is -2.34. The molecule has 1 aliphatic heterocycles. The minimum atomic E-state index is -0.538. The fourth-order valence-corrected chi connectivity index (χ4v) is 3.96. The minimum Gasteiger partial charge on any atom is -0.396 e. The molecule has 3 rings (SSSR count). The molecular weight excluding hydrogens is 322 g/mol. The lowest BCUT2D eigenvalue weighted by atomic mass is 9.97. The van der Waals surface area contributed by atoms with E-state index in [1.165, 1.54) is 16.9 Å². The van der Waals surface area contributed by atoms with E-state index in [0.29, 0.717) is 12.5 Å². The lowest BCUT2D eigenvalue weighted by Gasteiger charge is -2.31. The van der Waals surface area contributed by atoms with Gasteiger partial charge in [0.2, 0.25) is 0 Å². The second kappa shape index (κ2) is 7.79. The van der Waals surface area contributed by atoms with Gasteiger partial charge in [0.05, 0.1) is 5.00 Å². The Labute approximate surface area is 146 Å². The van der Waals surface area contributed by atoms with Crippen LogP contribution in [-0.2, 0) is 6.54 Å². The van der Waals surface area contributed by atoms with Gasteiger partial charge in [0.15, 0.2) is 0 Å². The van der Waals surface area contributed by atoms with Gasteiger partial charge in [-0.3, -0.25) is 10.2 Å². The normalized spacial score (nSPS) is 16.2. The summed E-state index contributed by atoms with van der Waals surface area (Å²) in [5, 5.41) is 12.6. The van der Waals surface area contributed by atoms with Crippen molar-refractivity contribution in [3.05, 3.63) is 42.0 Å². The highest BCUT2D eigenvalue weighted by molar-refractivity contribution is 7.19. The number of amides is 2. The van der Waals surface area contributed by atoms with Crippen LogP contribution < -0.4 is 11.1 Å². The molecule has 1 fully saturated rings.